The molecule has 30 heavy (non-hydrogen) atoms. The molecule has 6 nitrogen and oxygen atoms in total. The maximum Gasteiger partial charge on any atom is 0.269 e. The number of hydrogen-bond donors (Lipinski definition) is 0. The fourth-order valence-corrected chi connectivity index (χ4v) is 3.21. The quantitative estimate of drug-likeness (QED) is 0.323. The summed E-state index contributed by atoms with van der Waals surface area (Å²) in [6.07, 6.45) is 0. The number of nitro benzene ring substituents is 1. The first kappa shape index (κ1) is 19.4. The first-order chi connectivity index (χ1) is 14.4. The van der Waals surface area contributed by atoms with Gasteiger partial charge in [0, 0.05) is 17.7 Å². The van der Waals surface area contributed by atoms with Gasteiger partial charge in [-0.1, -0.05) is 30.3 Å². The Hall–Kier alpha value is -3.93. The number of nitro groups is 1. The molecule has 4 aromatic rings. The minimum atomic E-state index is -0.458. The van der Waals surface area contributed by atoms with Crippen LogP contribution in [-0.2, 0) is 6.61 Å². The van der Waals surface area contributed by atoms with E-state index in [1.54, 1.807) is 12.1 Å². The molecule has 0 spiro atoms. The lowest BCUT2D eigenvalue weighted by Gasteiger charge is -2.13. The Kier molecular flexibility index (Phi) is 5.06. The smallest absolute Gasteiger partial charge is 0.269 e. The zero-order valence-electron chi connectivity index (χ0n) is 16.5. The van der Waals surface area contributed by atoms with E-state index in [1.165, 1.54) is 12.1 Å². The molecule has 150 valence electrons. The Morgan fingerprint density at radius 3 is 2.30 bits per heavy atom. The predicted molar refractivity (Wildman–Crippen MR) is 115 cm³/mol. The number of benzene rings is 3. The molecule has 0 unspecified atom stereocenters. The highest BCUT2D eigenvalue weighted by atomic mass is 16.6. The zero-order chi connectivity index (χ0) is 21.3. The fraction of sp³-hybridized carbons (Fsp3) is 0.125. The summed E-state index contributed by atoms with van der Waals surface area (Å²) >= 11 is 0. The summed E-state index contributed by atoms with van der Waals surface area (Å²) in [7, 11) is 0. The van der Waals surface area contributed by atoms with Crippen LogP contribution in [0, 0.1) is 24.0 Å². The topological polar surface area (TPSA) is 82.6 Å². The third kappa shape index (κ3) is 3.67. The van der Waals surface area contributed by atoms with Gasteiger partial charge in [0.25, 0.3) is 5.69 Å². The Morgan fingerprint density at radius 2 is 1.63 bits per heavy atom. The first-order valence-electron chi connectivity index (χ1n) is 9.43. The molecule has 0 radical (unpaired) electrons. The van der Waals surface area contributed by atoms with Crippen molar-refractivity contribution in [1.82, 2.24) is 0 Å². The molecule has 1 heterocycles. The standard InChI is InChI=1S/C24H19NO5/c1-15-12-20-21(13-16(15)2)30-23(18-6-4-3-5-7-18)24(22(20)26)29-14-17-8-10-19(11-9-17)25(27)28/h3-13H,14H2,1-2H3. The summed E-state index contributed by atoms with van der Waals surface area (Å²) in [5.74, 6) is 0.480. The monoisotopic (exact) mass is 401 g/mol. The van der Waals surface area contributed by atoms with E-state index in [0.717, 1.165) is 16.7 Å². The van der Waals surface area contributed by atoms with Crippen molar-refractivity contribution in [2.45, 2.75) is 20.5 Å². The molecule has 0 saturated carbocycles. The van der Waals surface area contributed by atoms with E-state index >= 15 is 0 Å². The van der Waals surface area contributed by atoms with E-state index in [4.69, 9.17) is 9.15 Å². The highest BCUT2D eigenvalue weighted by Gasteiger charge is 2.18. The number of hydrogen-bond acceptors (Lipinski definition) is 5. The minimum Gasteiger partial charge on any atom is -0.481 e. The summed E-state index contributed by atoms with van der Waals surface area (Å²) in [6, 6.07) is 19.0. The molecular formula is C24H19NO5. The third-order valence-corrected chi connectivity index (χ3v) is 5.03. The summed E-state index contributed by atoms with van der Waals surface area (Å²) in [6.45, 7) is 3.99. The lowest BCUT2D eigenvalue weighted by atomic mass is 10.0. The normalized spacial score (nSPS) is 10.9. The maximum atomic E-state index is 13.3. The summed E-state index contributed by atoms with van der Waals surface area (Å²) in [4.78, 5) is 23.7. The minimum absolute atomic E-state index is 0.000196. The van der Waals surface area contributed by atoms with Crippen molar-refractivity contribution >= 4 is 16.7 Å². The van der Waals surface area contributed by atoms with Crippen LogP contribution in [0.2, 0.25) is 0 Å². The van der Waals surface area contributed by atoms with Crippen molar-refractivity contribution in [3.8, 4) is 17.1 Å². The highest BCUT2D eigenvalue weighted by Crippen LogP contribution is 2.32. The molecule has 6 heteroatoms. The van der Waals surface area contributed by atoms with Crippen LogP contribution < -0.4 is 10.2 Å². The van der Waals surface area contributed by atoms with Crippen LogP contribution in [0.1, 0.15) is 16.7 Å². The maximum absolute atomic E-state index is 13.3. The number of nitrogens with zero attached hydrogens (tertiary/aromatic N) is 1. The SMILES string of the molecule is Cc1cc2oc(-c3ccccc3)c(OCc3ccc([N+](=O)[O-])cc3)c(=O)c2cc1C. The van der Waals surface area contributed by atoms with Gasteiger partial charge in [-0.2, -0.15) is 0 Å². The number of fused-ring (bicyclic) bond motifs is 1. The molecule has 4 rings (SSSR count). The predicted octanol–water partition coefficient (Wildman–Crippen LogP) is 5.56. The summed E-state index contributed by atoms with van der Waals surface area (Å²) < 4.78 is 12.0. The van der Waals surface area contributed by atoms with Crippen LogP contribution in [-0.4, -0.2) is 4.92 Å². The molecule has 1 aromatic heterocycles. The number of rotatable bonds is 5. The second kappa shape index (κ2) is 7.83. The van der Waals surface area contributed by atoms with Crippen molar-refractivity contribution in [3.63, 3.8) is 0 Å². The molecule has 0 bridgehead atoms. The molecule has 3 aromatic carbocycles. The van der Waals surface area contributed by atoms with Crippen molar-refractivity contribution in [3.05, 3.63) is 104 Å². The molecule has 0 N–H and O–H groups in total. The van der Waals surface area contributed by atoms with Crippen LogP contribution in [0.4, 0.5) is 5.69 Å². The molecule has 0 saturated heterocycles. The van der Waals surface area contributed by atoms with E-state index < -0.39 is 4.92 Å². The second-order valence-electron chi connectivity index (χ2n) is 7.10. The molecular weight excluding hydrogens is 382 g/mol. The van der Waals surface area contributed by atoms with Gasteiger partial charge in [-0.25, -0.2) is 0 Å². The van der Waals surface area contributed by atoms with Gasteiger partial charge in [0.2, 0.25) is 11.2 Å². The number of aryl methyl sites for hydroxylation is 2. The Morgan fingerprint density at radius 1 is 0.967 bits per heavy atom. The fourth-order valence-electron chi connectivity index (χ4n) is 3.21. The number of ether oxygens (including phenoxy) is 1. The Bertz CT molecular complexity index is 1290. The summed E-state index contributed by atoms with van der Waals surface area (Å²) in [5.41, 5.74) is 3.71. The van der Waals surface area contributed by atoms with Crippen molar-refractivity contribution in [2.24, 2.45) is 0 Å². The van der Waals surface area contributed by atoms with Crippen molar-refractivity contribution in [2.75, 3.05) is 0 Å². The van der Waals surface area contributed by atoms with E-state index in [2.05, 4.69) is 0 Å². The van der Waals surface area contributed by atoms with Gasteiger partial charge in [0.05, 0.1) is 10.3 Å². The third-order valence-electron chi connectivity index (χ3n) is 5.03. The average Bonchev–Trinajstić information content (AvgIpc) is 2.75. The van der Waals surface area contributed by atoms with Gasteiger partial charge in [-0.05, 0) is 54.8 Å². The van der Waals surface area contributed by atoms with Gasteiger partial charge in [-0.3, -0.25) is 14.9 Å². The van der Waals surface area contributed by atoms with Crippen LogP contribution in [0.15, 0.2) is 75.9 Å². The van der Waals surface area contributed by atoms with Gasteiger partial charge in [0.1, 0.15) is 12.2 Å². The van der Waals surface area contributed by atoms with E-state index in [0.29, 0.717) is 22.3 Å². The van der Waals surface area contributed by atoms with Crippen molar-refractivity contribution < 1.29 is 14.1 Å². The van der Waals surface area contributed by atoms with E-state index in [-0.39, 0.29) is 23.5 Å². The van der Waals surface area contributed by atoms with Gasteiger partial charge in [0.15, 0.2) is 5.76 Å². The van der Waals surface area contributed by atoms with Crippen LogP contribution in [0.5, 0.6) is 5.75 Å². The highest BCUT2D eigenvalue weighted by molar-refractivity contribution is 5.83. The molecule has 0 fully saturated rings. The summed E-state index contributed by atoms with van der Waals surface area (Å²) in [5, 5.41) is 11.3. The molecule has 0 amide bonds. The van der Waals surface area contributed by atoms with Gasteiger partial charge < -0.3 is 9.15 Å². The molecule has 0 aliphatic heterocycles. The largest absolute Gasteiger partial charge is 0.481 e. The van der Waals surface area contributed by atoms with Crippen molar-refractivity contribution in [1.29, 1.82) is 0 Å². The zero-order valence-corrected chi connectivity index (χ0v) is 16.5. The molecule has 0 aliphatic rings. The Balaban J connectivity index is 1.80. The van der Waals surface area contributed by atoms with Gasteiger partial charge >= 0.3 is 0 Å². The molecule has 0 atom stereocenters. The van der Waals surface area contributed by atoms with Gasteiger partial charge in [-0.15, -0.1) is 0 Å². The molecule has 0 aliphatic carbocycles. The van der Waals surface area contributed by atoms with Crippen LogP contribution in [0.3, 0.4) is 0 Å². The lowest BCUT2D eigenvalue weighted by molar-refractivity contribution is -0.384. The average molecular weight is 401 g/mol. The lowest BCUT2D eigenvalue weighted by Crippen LogP contribution is -2.10. The second-order valence-corrected chi connectivity index (χ2v) is 7.10. The van der Waals surface area contributed by atoms with Crippen LogP contribution >= 0.6 is 0 Å². The first-order valence-corrected chi connectivity index (χ1v) is 9.43. The number of non-ortho nitro benzene ring substituents is 1. The van der Waals surface area contributed by atoms with E-state index in [1.807, 2.05) is 56.3 Å². The Labute approximate surface area is 172 Å². The van der Waals surface area contributed by atoms with Crippen LogP contribution in [0.25, 0.3) is 22.3 Å². The van der Waals surface area contributed by atoms with E-state index in [9.17, 15) is 14.9 Å².